The van der Waals surface area contributed by atoms with Gasteiger partial charge in [0.1, 0.15) is 17.8 Å². The standard InChI is InChI=1S/C36H53N5O8S/c1-34(2,3)29(39-33(47)40-36(15-7-6-8-16-36)20-50(48,49)19-22-11-13-23(42)14-12-22)32(46)41-18-24-26(35(24,4)5)27(41)31(45)38-25(17-21-9-10-21)28(43)30(37)44/h11-14,21,24-27,29,42H,6-10,15-20H2,1-5H3,(H2,37,44)(H,38,45)(H2,39,40,47)/t24?,25?,26-,27-,29+/m0/s1. The molecular weight excluding hydrogens is 662 g/mol. The fourth-order valence-electron chi connectivity index (χ4n) is 8.24. The number of hydrogen-bond acceptors (Lipinski definition) is 8. The van der Waals surface area contributed by atoms with E-state index in [0.717, 1.165) is 32.1 Å². The van der Waals surface area contributed by atoms with Crippen molar-refractivity contribution >= 4 is 39.4 Å². The summed E-state index contributed by atoms with van der Waals surface area (Å²) in [7, 11) is -3.69. The molecule has 50 heavy (non-hydrogen) atoms. The van der Waals surface area contributed by atoms with Crippen molar-refractivity contribution in [3.8, 4) is 5.75 Å². The lowest BCUT2D eigenvalue weighted by atomic mass is 9.83. The first kappa shape index (κ1) is 37.6. The number of hydrogen-bond donors (Lipinski definition) is 5. The number of rotatable bonds is 13. The normalized spacial score (nSPS) is 25.1. The summed E-state index contributed by atoms with van der Waals surface area (Å²) in [5.41, 5.74) is 3.79. The number of ketones is 1. The number of nitrogens with one attached hydrogen (secondary N) is 3. The Bertz CT molecular complexity index is 1610. The molecule has 4 fully saturated rings. The highest BCUT2D eigenvalue weighted by atomic mass is 32.2. The third kappa shape index (κ3) is 8.43. The minimum absolute atomic E-state index is 0.0359. The quantitative estimate of drug-likeness (QED) is 0.192. The largest absolute Gasteiger partial charge is 0.508 e. The second-order valence-corrected chi connectivity index (χ2v) is 18.9. The summed E-state index contributed by atoms with van der Waals surface area (Å²) in [5, 5.41) is 18.2. The molecule has 4 aliphatic rings. The molecule has 0 radical (unpaired) electrons. The van der Waals surface area contributed by atoms with Gasteiger partial charge < -0.3 is 31.7 Å². The van der Waals surface area contributed by atoms with Gasteiger partial charge in [-0.15, -0.1) is 0 Å². The highest BCUT2D eigenvalue weighted by molar-refractivity contribution is 7.90. The van der Waals surface area contributed by atoms with Crippen molar-refractivity contribution in [1.29, 1.82) is 0 Å². The van der Waals surface area contributed by atoms with Crippen molar-refractivity contribution in [2.45, 2.75) is 115 Å². The van der Waals surface area contributed by atoms with Crippen molar-refractivity contribution in [3.63, 3.8) is 0 Å². The molecule has 1 aromatic rings. The zero-order valence-corrected chi connectivity index (χ0v) is 30.6. The van der Waals surface area contributed by atoms with Crippen LogP contribution >= 0.6 is 0 Å². The summed E-state index contributed by atoms with van der Waals surface area (Å²) >= 11 is 0. The summed E-state index contributed by atoms with van der Waals surface area (Å²) in [4.78, 5) is 68.1. The first-order valence-electron chi connectivity index (χ1n) is 17.7. The Labute approximate surface area is 294 Å². The van der Waals surface area contributed by atoms with Gasteiger partial charge in [0, 0.05) is 6.54 Å². The zero-order chi connectivity index (χ0) is 36.8. The van der Waals surface area contributed by atoms with Crippen LogP contribution in [-0.4, -0.2) is 83.9 Å². The second-order valence-electron chi connectivity index (χ2n) is 16.8. The van der Waals surface area contributed by atoms with Crippen LogP contribution < -0.4 is 21.7 Å². The number of aromatic hydroxyl groups is 1. The van der Waals surface area contributed by atoms with E-state index in [2.05, 4.69) is 16.0 Å². The number of primary amides is 1. The van der Waals surface area contributed by atoms with E-state index in [4.69, 9.17) is 5.73 Å². The fraction of sp³-hybridized carbons (Fsp3) is 0.694. The van der Waals surface area contributed by atoms with Crippen molar-refractivity contribution in [2.75, 3.05) is 12.3 Å². The Balaban J connectivity index is 1.32. The smallest absolute Gasteiger partial charge is 0.315 e. The third-order valence-corrected chi connectivity index (χ3v) is 13.1. The first-order chi connectivity index (χ1) is 23.2. The van der Waals surface area contributed by atoms with E-state index in [1.54, 1.807) is 32.9 Å². The van der Waals surface area contributed by atoms with Gasteiger partial charge in [-0.05, 0) is 65.5 Å². The fourth-order valence-corrected chi connectivity index (χ4v) is 10.2. The summed E-state index contributed by atoms with van der Waals surface area (Å²) in [6.07, 6.45) is 5.41. The monoisotopic (exact) mass is 715 g/mol. The van der Waals surface area contributed by atoms with Crippen molar-refractivity contribution in [3.05, 3.63) is 29.8 Å². The van der Waals surface area contributed by atoms with Gasteiger partial charge in [0.2, 0.25) is 17.6 Å². The van der Waals surface area contributed by atoms with E-state index in [9.17, 15) is 37.5 Å². The van der Waals surface area contributed by atoms with Gasteiger partial charge in [-0.25, -0.2) is 13.2 Å². The van der Waals surface area contributed by atoms with Crippen molar-refractivity contribution in [1.82, 2.24) is 20.9 Å². The molecule has 1 saturated heterocycles. The number of carbonyl (C=O) groups is 5. The molecule has 5 rings (SSSR count). The molecule has 1 heterocycles. The summed E-state index contributed by atoms with van der Waals surface area (Å²) in [5.74, 6) is -3.35. The average molecular weight is 716 g/mol. The average Bonchev–Trinajstić information content (AvgIpc) is 3.86. The maximum atomic E-state index is 14.4. The van der Waals surface area contributed by atoms with Crippen molar-refractivity contribution < 1.29 is 37.5 Å². The number of nitrogens with zero attached hydrogens (tertiary/aromatic N) is 1. The molecule has 276 valence electrons. The summed E-state index contributed by atoms with van der Waals surface area (Å²) < 4.78 is 26.9. The Morgan fingerprint density at radius 1 is 1.00 bits per heavy atom. The number of amides is 5. The highest BCUT2D eigenvalue weighted by Crippen LogP contribution is 2.65. The predicted molar refractivity (Wildman–Crippen MR) is 186 cm³/mol. The SMILES string of the molecule is CC(C)(C)[C@H](NC(=O)NC1(CS(=O)(=O)Cc2ccc(O)cc2)CCCCC1)C(=O)N1CC2[C@@H]([C@H]1C(=O)NC(CC1CC1)C(=O)C(N)=O)C2(C)C. The van der Waals surface area contributed by atoms with Crippen LogP contribution in [0.2, 0.25) is 0 Å². The van der Waals surface area contributed by atoms with Gasteiger partial charge in [0.05, 0.1) is 23.1 Å². The molecule has 5 atom stereocenters. The Morgan fingerprint density at radius 2 is 1.62 bits per heavy atom. The number of piperidine rings is 1. The number of urea groups is 1. The van der Waals surface area contributed by atoms with Crippen LogP contribution in [0.3, 0.4) is 0 Å². The Morgan fingerprint density at radius 3 is 2.18 bits per heavy atom. The number of phenolic OH excluding ortho intramolecular Hbond substituents is 1. The van der Waals surface area contributed by atoms with E-state index in [0.29, 0.717) is 31.4 Å². The van der Waals surface area contributed by atoms with Gasteiger partial charge in [0.15, 0.2) is 9.84 Å². The van der Waals surface area contributed by atoms with Crippen LogP contribution in [-0.2, 0) is 34.8 Å². The highest BCUT2D eigenvalue weighted by Gasteiger charge is 2.70. The van der Waals surface area contributed by atoms with Crippen LogP contribution in [0, 0.1) is 28.6 Å². The van der Waals surface area contributed by atoms with E-state index >= 15 is 0 Å². The Hall–Kier alpha value is -3.68. The number of carbonyl (C=O) groups excluding carboxylic acids is 5. The molecular formula is C36H53N5O8S. The molecule has 2 unspecified atom stereocenters. The molecule has 6 N–H and O–H groups in total. The number of nitrogens with two attached hydrogens (primary N) is 1. The van der Waals surface area contributed by atoms with Gasteiger partial charge >= 0.3 is 6.03 Å². The lowest BCUT2D eigenvalue weighted by Gasteiger charge is -2.40. The minimum Gasteiger partial charge on any atom is -0.508 e. The molecule has 3 saturated carbocycles. The summed E-state index contributed by atoms with van der Waals surface area (Å²) in [6, 6.07) is 2.27. The van der Waals surface area contributed by atoms with E-state index in [1.807, 2.05) is 13.8 Å². The maximum absolute atomic E-state index is 14.4. The van der Waals surface area contributed by atoms with E-state index < -0.39 is 68.5 Å². The van der Waals surface area contributed by atoms with E-state index in [-0.39, 0.29) is 40.4 Å². The third-order valence-electron chi connectivity index (χ3n) is 11.3. The lowest BCUT2D eigenvalue weighted by Crippen LogP contribution is -2.64. The number of benzene rings is 1. The topological polar surface area (TPSA) is 205 Å². The molecule has 14 heteroatoms. The molecule has 5 amide bonds. The molecule has 0 bridgehead atoms. The van der Waals surface area contributed by atoms with Gasteiger partial charge in [-0.3, -0.25) is 19.2 Å². The molecule has 1 aliphatic heterocycles. The number of Topliss-reactive ketones (excluding diaryl/α,β-unsaturated/α-hetero) is 1. The number of fused-ring (bicyclic) bond motifs is 1. The van der Waals surface area contributed by atoms with Crippen LogP contribution in [0.4, 0.5) is 4.79 Å². The molecule has 3 aliphatic carbocycles. The van der Waals surface area contributed by atoms with Crippen LogP contribution in [0.1, 0.15) is 91.5 Å². The number of sulfone groups is 1. The minimum atomic E-state index is -3.69. The number of phenols is 1. The van der Waals surface area contributed by atoms with Crippen LogP contribution in [0.25, 0.3) is 0 Å². The first-order valence-corrected chi connectivity index (χ1v) is 19.6. The predicted octanol–water partition coefficient (Wildman–Crippen LogP) is 2.55. The molecule has 0 spiro atoms. The Kier molecular flexibility index (Phi) is 10.4. The van der Waals surface area contributed by atoms with Gasteiger partial charge in [-0.1, -0.05) is 78.9 Å². The second kappa shape index (κ2) is 13.8. The van der Waals surface area contributed by atoms with Crippen LogP contribution in [0.5, 0.6) is 5.75 Å². The maximum Gasteiger partial charge on any atom is 0.315 e. The van der Waals surface area contributed by atoms with Crippen LogP contribution in [0.15, 0.2) is 24.3 Å². The van der Waals surface area contributed by atoms with Gasteiger partial charge in [0.25, 0.3) is 5.91 Å². The zero-order valence-electron chi connectivity index (χ0n) is 29.8. The molecule has 1 aromatic carbocycles. The van der Waals surface area contributed by atoms with E-state index in [1.165, 1.54) is 17.0 Å². The van der Waals surface area contributed by atoms with Gasteiger partial charge in [-0.2, -0.15) is 0 Å². The lowest BCUT2D eigenvalue weighted by molar-refractivity contribution is -0.145. The molecule has 13 nitrogen and oxygen atoms in total. The molecule has 0 aromatic heterocycles. The summed E-state index contributed by atoms with van der Waals surface area (Å²) in [6.45, 7) is 9.78. The number of likely N-dealkylation sites (tertiary alicyclic amines) is 1. The van der Waals surface area contributed by atoms with Crippen molar-refractivity contribution in [2.24, 2.45) is 34.3 Å².